The molecule has 5 N–H and O–H groups in total. The van der Waals surface area contributed by atoms with Gasteiger partial charge in [0, 0.05) is 31.9 Å². The molecule has 2 amide bonds. The van der Waals surface area contributed by atoms with Crippen LogP contribution in [0.5, 0.6) is 0 Å². The maximum absolute atomic E-state index is 12.9. The zero-order chi connectivity index (χ0) is 37.4. The normalized spacial score (nSPS) is 22.9. The molecular weight excluding hydrogens is 685 g/mol. The first-order chi connectivity index (χ1) is 26.4. The number of imidazole rings is 1. The zero-order valence-corrected chi connectivity index (χ0v) is 31.2. The van der Waals surface area contributed by atoms with Crippen molar-refractivity contribution in [2.75, 3.05) is 62.6 Å². The van der Waals surface area contributed by atoms with Gasteiger partial charge in [-0.05, 0) is 82.9 Å². The van der Waals surface area contributed by atoms with Crippen LogP contribution in [-0.2, 0) is 9.59 Å². The molecule has 4 heterocycles. The summed E-state index contributed by atoms with van der Waals surface area (Å²) in [5.41, 5.74) is 3.04. The van der Waals surface area contributed by atoms with Crippen molar-refractivity contribution >= 4 is 40.4 Å². The third-order valence-corrected chi connectivity index (χ3v) is 11.2. The van der Waals surface area contributed by atoms with Gasteiger partial charge in [0.25, 0.3) is 0 Å². The van der Waals surface area contributed by atoms with E-state index in [1.165, 1.54) is 25.7 Å². The van der Waals surface area contributed by atoms with Gasteiger partial charge in [-0.1, -0.05) is 61.4 Å². The van der Waals surface area contributed by atoms with Gasteiger partial charge in [0.2, 0.25) is 5.95 Å². The summed E-state index contributed by atoms with van der Waals surface area (Å²) >= 11 is 0. The standard InChI is InChI=1S/C40H54N10O4/c1-28(29-14-6-2-7-15-29)50(30-16-8-3-9-17-30)37-33-36(45-40(46-37)42-19-25-48-22-12-5-13-23-48)49(27-43-33)32-26-31(34(51)35(32)52)44-39(54)38(53)41-18-24-47-20-10-4-11-21-47/h2-3,6-9,14-17,27-28,31-32,34-35,51-52H,4-5,10-13,18-26H2,1H3,(H,41,53)(H,44,54)(H,42,45,46)/t28?,31-,32+,34+,35-/m0/s1. The van der Waals surface area contributed by atoms with E-state index in [0.29, 0.717) is 42.6 Å². The number of para-hydroxylation sites is 1. The van der Waals surface area contributed by atoms with Crippen LogP contribution in [0.3, 0.4) is 0 Å². The van der Waals surface area contributed by atoms with E-state index >= 15 is 0 Å². The van der Waals surface area contributed by atoms with Crippen LogP contribution in [0.15, 0.2) is 67.0 Å². The van der Waals surface area contributed by atoms with E-state index in [4.69, 9.17) is 15.0 Å². The minimum Gasteiger partial charge on any atom is -0.388 e. The van der Waals surface area contributed by atoms with Gasteiger partial charge in [-0.25, -0.2) is 4.98 Å². The molecule has 1 unspecified atom stereocenters. The average molecular weight is 739 g/mol. The molecule has 7 rings (SSSR count). The number of piperidine rings is 2. The molecule has 2 aliphatic heterocycles. The molecule has 3 aliphatic rings. The zero-order valence-electron chi connectivity index (χ0n) is 31.2. The van der Waals surface area contributed by atoms with Crippen LogP contribution in [0.2, 0.25) is 0 Å². The number of benzene rings is 2. The number of likely N-dealkylation sites (tertiary alicyclic amines) is 2. The molecule has 54 heavy (non-hydrogen) atoms. The highest BCUT2D eigenvalue weighted by molar-refractivity contribution is 6.35. The number of aromatic nitrogens is 4. The fourth-order valence-electron chi connectivity index (χ4n) is 8.15. The van der Waals surface area contributed by atoms with Crippen LogP contribution >= 0.6 is 0 Å². The molecule has 2 aromatic heterocycles. The molecule has 1 aliphatic carbocycles. The van der Waals surface area contributed by atoms with Crippen molar-refractivity contribution in [3.63, 3.8) is 0 Å². The van der Waals surface area contributed by atoms with Crippen LogP contribution in [0.4, 0.5) is 17.5 Å². The van der Waals surface area contributed by atoms with Crippen molar-refractivity contribution in [1.82, 2.24) is 40.0 Å². The second kappa shape index (κ2) is 17.7. The van der Waals surface area contributed by atoms with E-state index in [0.717, 1.165) is 56.8 Å². The molecular formula is C40H54N10O4. The van der Waals surface area contributed by atoms with E-state index in [1.807, 2.05) is 48.5 Å². The lowest BCUT2D eigenvalue weighted by molar-refractivity contribution is -0.140. The Morgan fingerprint density at radius 2 is 1.44 bits per heavy atom. The van der Waals surface area contributed by atoms with Gasteiger partial charge < -0.3 is 45.4 Å². The molecule has 3 fully saturated rings. The van der Waals surface area contributed by atoms with Crippen molar-refractivity contribution in [3.8, 4) is 0 Å². The van der Waals surface area contributed by atoms with Gasteiger partial charge in [0.15, 0.2) is 17.0 Å². The highest BCUT2D eigenvalue weighted by Crippen LogP contribution is 2.40. The van der Waals surface area contributed by atoms with E-state index in [-0.39, 0.29) is 12.5 Å². The van der Waals surface area contributed by atoms with Crippen molar-refractivity contribution < 1.29 is 19.8 Å². The van der Waals surface area contributed by atoms with Crippen molar-refractivity contribution in [2.45, 2.75) is 82.2 Å². The van der Waals surface area contributed by atoms with E-state index in [1.54, 1.807) is 10.9 Å². The summed E-state index contributed by atoms with van der Waals surface area (Å²) in [5.74, 6) is -0.562. The number of anilines is 3. The number of hydrogen-bond acceptors (Lipinski definition) is 11. The molecule has 0 bridgehead atoms. The number of hydrogen-bond donors (Lipinski definition) is 5. The minimum absolute atomic E-state index is 0.137. The number of aliphatic hydroxyl groups is 2. The Bertz CT molecular complexity index is 1830. The number of aliphatic hydroxyl groups excluding tert-OH is 2. The van der Waals surface area contributed by atoms with Crippen LogP contribution in [0, 0.1) is 0 Å². The summed E-state index contributed by atoms with van der Waals surface area (Å²) < 4.78 is 1.77. The first-order valence-corrected chi connectivity index (χ1v) is 19.6. The first-order valence-electron chi connectivity index (χ1n) is 19.6. The topological polar surface area (TPSA) is 164 Å². The number of amides is 2. The number of rotatable bonds is 13. The molecule has 4 aromatic rings. The largest absolute Gasteiger partial charge is 0.388 e. The Morgan fingerprint density at radius 1 is 0.815 bits per heavy atom. The smallest absolute Gasteiger partial charge is 0.309 e. The van der Waals surface area contributed by atoms with Crippen LogP contribution in [0.1, 0.15) is 69.5 Å². The van der Waals surface area contributed by atoms with Gasteiger partial charge >= 0.3 is 11.8 Å². The molecule has 1 saturated carbocycles. The van der Waals surface area contributed by atoms with E-state index < -0.39 is 36.1 Å². The number of fused-ring (bicyclic) bond motifs is 1. The number of carbonyl (C=O) groups is 2. The fraction of sp³-hybridized carbons (Fsp3) is 0.525. The highest BCUT2D eigenvalue weighted by atomic mass is 16.3. The quantitative estimate of drug-likeness (QED) is 0.128. The summed E-state index contributed by atoms with van der Waals surface area (Å²) in [6, 6.07) is 18.6. The minimum atomic E-state index is -1.31. The molecule has 2 saturated heterocycles. The molecule has 14 nitrogen and oxygen atoms in total. The lowest BCUT2D eigenvalue weighted by Crippen LogP contribution is -2.49. The summed E-state index contributed by atoms with van der Waals surface area (Å²) in [4.78, 5) is 47.4. The van der Waals surface area contributed by atoms with Gasteiger partial charge in [-0.2, -0.15) is 9.97 Å². The average Bonchev–Trinajstić information content (AvgIpc) is 3.75. The van der Waals surface area contributed by atoms with Crippen LogP contribution in [-0.4, -0.2) is 122 Å². The van der Waals surface area contributed by atoms with Gasteiger partial charge in [-0.15, -0.1) is 0 Å². The number of carbonyl (C=O) groups excluding carboxylic acids is 2. The molecule has 2 aromatic carbocycles. The second-order valence-corrected chi connectivity index (χ2v) is 14.8. The maximum atomic E-state index is 12.9. The Kier molecular flexibility index (Phi) is 12.3. The highest BCUT2D eigenvalue weighted by Gasteiger charge is 2.44. The van der Waals surface area contributed by atoms with Crippen molar-refractivity contribution in [3.05, 3.63) is 72.6 Å². The summed E-state index contributed by atoms with van der Waals surface area (Å²) in [6.45, 7) is 8.85. The summed E-state index contributed by atoms with van der Waals surface area (Å²) in [5, 5.41) is 31.4. The van der Waals surface area contributed by atoms with E-state index in [2.05, 4.69) is 49.7 Å². The van der Waals surface area contributed by atoms with E-state index in [9.17, 15) is 19.8 Å². The summed E-state index contributed by atoms with van der Waals surface area (Å²) in [7, 11) is 0. The van der Waals surface area contributed by atoms with Gasteiger partial charge in [0.05, 0.1) is 24.5 Å². The van der Waals surface area contributed by atoms with Crippen LogP contribution < -0.4 is 20.9 Å². The Balaban J connectivity index is 1.15. The summed E-state index contributed by atoms with van der Waals surface area (Å²) in [6.07, 6.45) is 6.42. The lowest BCUT2D eigenvalue weighted by atomic mass is 10.1. The van der Waals surface area contributed by atoms with Gasteiger partial charge in [0.1, 0.15) is 12.2 Å². The second-order valence-electron chi connectivity index (χ2n) is 14.8. The molecule has 0 spiro atoms. The number of nitrogens with one attached hydrogen (secondary N) is 3. The SMILES string of the molecule is CC(c1ccccc1)N(c1ccccc1)c1nc(NCCN2CCCCC2)nc2c1ncn2[C@@H]1C[C@H](NC(=O)C(=O)NCCN2CCCCC2)[C@@H](O)[C@H]1O. The van der Waals surface area contributed by atoms with Crippen molar-refractivity contribution in [1.29, 1.82) is 0 Å². The Morgan fingerprint density at radius 3 is 2.11 bits per heavy atom. The Hall–Kier alpha value is -4.63. The maximum Gasteiger partial charge on any atom is 0.309 e. The predicted molar refractivity (Wildman–Crippen MR) is 208 cm³/mol. The lowest BCUT2D eigenvalue weighted by Gasteiger charge is -2.31. The molecule has 5 atom stereocenters. The molecule has 0 radical (unpaired) electrons. The monoisotopic (exact) mass is 738 g/mol. The van der Waals surface area contributed by atoms with Crippen molar-refractivity contribution in [2.24, 2.45) is 0 Å². The molecule has 14 heteroatoms. The fourth-order valence-corrected chi connectivity index (χ4v) is 8.15. The third-order valence-electron chi connectivity index (χ3n) is 11.2. The van der Waals surface area contributed by atoms with Gasteiger partial charge in [-0.3, -0.25) is 9.59 Å². The Labute approximate surface area is 317 Å². The third kappa shape index (κ3) is 8.67. The number of nitrogens with zero attached hydrogens (tertiary/aromatic N) is 7. The van der Waals surface area contributed by atoms with Crippen LogP contribution in [0.25, 0.3) is 11.2 Å². The first kappa shape index (κ1) is 37.7. The predicted octanol–water partition coefficient (Wildman–Crippen LogP) is 3.38. The molecule has 288 valence electrons.